The molecule has 0 amide bonds. The van der Waals surface area contributed by atoms with Gasteiger partial charge in [0, 0.05) is 11.6 Å². The van der Waals surface area contributed by atoms with Crippen molar-refractivity contribution in [1.29, 1.82) is 0 Å². The Labute approximate surface area is 236 Å². The summed E-state index contributed by atoms with van der Waals surface area (Å²) in [5.74, 6) is 1.56. The maximum Gasteiger partial charge on any atom is 0.338 e. The van der Waals surface area contributed by atoms with Crippen LogP contribution in [-0.4, -0.2) is 23.9 Å². The SMILES string of the molecule is CCOC(=O)C1=C(C)N=c2s/c(=C/c3ccc(-c4cccc(Cl)c4Cl)o3)c(=O)n2C1c1ccc2c(c1)OCO2. The molecule has 0 bridgehead atoms. The Bertz CT molecular complexity index is 1850. The maximum absolute atomic E-state index is 13.8. The number of carbonyl (C=O) groups excluding carboxylic acids is 1. The number of ether oxygens (including phenoxy) is 3. The fraction of sp³-hybridized carbons (Fsp3) is 0.179. The van der Waals surface area contributed by atoms with Gasteiger partial charge in [0.15, 0.2) is 16.3 Å². The average molecular weight is 583 g/mol. The Morgan fingerprint density at radius 2 is 2.00 bits per heavy atom. The molecule has 0 spiro atoms. The second-order valence-electron chi connectivity index (χ2n) is 8.72. The van der Waals surface area contributed by atoms with Gasteiger partial charge in [0.2, 0.25) is 6.79 Å². The van der Waals surface area contributed by atoms with E-state index in [0.717, 1.165) is 0 Å². The third kappa shape index (κ3) is 4.46. The smallest absolute Gasteiger partial charge is 0.338 e. The van der Waals surface area contributed by atoms with E-state index in [-0.39, 0.29) is 24.5 Å². The number of furan rings is 1. The molecule has 2 aromatic heterocycles. The second-order valence-corrected chi connectivity index (χ2v) is 10.5. The molecule has 6 rings (SSSR count). The first-order chi connectivity index (χ1) is 18.9. The van der Waals surface area contributed by atoms with Crippen LogP contribution in [0.4, 0.5) is 0 Å². The summed E-state index contributed by atoms with van der Waals surface area (Å²) in [5, 5.41) is 0.793. The number of nitrogens with zero attached hydrogens (tertiary/aromatic N) is 2. The Balaban J connectivity index is 1.48. The number of benzene rings is 2. The topological polar surface area (TPSA) is 92.3 Å². The van der Waals surface area contributed by atoms with Crippen LogP contribution >= 0.6 is 34.5 Å². The van der Waals surface area contributed by atoms with E-state index < -0.39 is 12.0 Å². The van der Waals surface area contributed by atoms with Crippen LogP contribution in [0.5, 0.6) is 11.5 Å². The van der Waals surface area contributed by atoms with Crippen molar-refractivity contribution < 1.29 is 23.4 Å². The standard InChI is InChI=1S/C28H20Cl2N2O6S/c1-3-35-27(34)23-14(2)31-28-32(25(23)15-7-9-20-21(11-15)37-13-36-20)26(33)22(39-28)12-16-8-10-19(38-16)17-5-4-6-18(29)24(17)30/h4-12,25H,3,13H2,1-2H3/b22-12+. The van der Waals surface area contributed by atoms with Crippen LogP contribution in [0.3, 0.4) is 0 Å². The molecular weight excluding hydrogens is 563 g/mol. The van der Waals surface area contributed by atoms with Gasteiger partial charge < -0.3 is 18.6 Å². The lowest BCUT2D eigenvalue weighted by Gasteiger charge is -2.24. The number of carbonyl (C=O) groups is 1. The van der Waals surface area contributed by atoms with Gasteiger partial charge in [-0.25, -0.2) is 9.79 Å². The molecule has 1 atom stereocenters. The van der Waals surface area contributed by atoms with E-state index in [9.17, 15) is 9.59 Å². The van der Waals surface area contributed by atoms with Crippen LogP contribution in [-0.2, 0) is 9.53 Å². The highest BCUT2D eigenvalue weighted by Gasteiger charge is 2.34. The van der Waals surface area contributed by atoms with E-state index in [0.29, 0.717) is 59.2 Å². The zero-order valence-electron chi connectivity index (χ0n) is 20.7. The van der Waals surface area contributed by atoms with Crippen molar-refractivity contribution in [2.24, 2.45) is 4.99 Å². The third-order valence-corrected chi connectivity index (χ3v) is 8.15. The zero-order chi connectivity index (χ0) is 27.3. The van der Waals surface area contributed by atoms with Gasteiger partial charge in [-0.2, -0.15) is 0 Å². The number of halogens is 2. The van der Waals surface area contributed by atoms with Gasteiger partial charge in [-0.3, -0.25) is 9.36 Å². The molecule has 8 nitrogen and oxygen atoms in total. The summed E-state index contributed by atoms with van der Waals surface area (Å²) < 4.78 is 24.2. The van der Waals surface area contributed by atoms with Crippen LogP contribution in [0.2, 0.25) is 10.0 Å². The molecule has 4 heterocycles. The first-order valence-corrected chi connectivity index (χ1v) is 13.6. The first kappa shape index (κ1) is 25.5. The predicted octanol–water partition coefficient (Wildman–Crippen LogP) is 5.09. The lowest BCUT2D eigenvalue weighted by atomic mass is 9.95. The fourth-order valence-electron chi connectivity index (χ4n) is 4.59. The van der Waals surface area contributed by atoms with Crippen LogP contribution < -0.4 is 24.4 Å². The minimum Gasteiger partial charge on any atom is -0.463 e. The molecule has 0 radical (unpaired) electrons. The second kappa shape index (κ2) is 10.1. The number of hydrogen-bond acceptors (Lipinski definition) is 8. The Morgan fingerprint density at radius 3 is 2.82 bits per heavy atom. The Morgan fingerprint density at radius 1 is 1.18 bits per heavy atom. The molecular formula is C28H20Cl2N2O6S. The molecule has 2 aliphatic heterocycles. The fourth-order valence-corrected chi connectivity index (χ4v) is 6.01. The summed E-state index contributed by atoms with van der Waals surface area (Å²) in [6, 6.07) is 13.4. The van der Waals surface area contributed by atoms with E-state index in [1.54, 1.807) is 68.5 Å². The molecule has 4 aromatic rings. The van der Waals surface area contributed by atoms with Gasteiger partial charge in [0.25, 0.3) is 5.56 Å². The zero-order valence-corrected chi connectivity index (χ0v) is 23.0. The van der Waals surface area contributed by atoms with Gasteiger partial charge in [0.1, 0.15) is 11.5 Å². The van der Waals surface area contributed by atoms with E-state index in [1.165, 1.54) is 15.9 Å². The van der Waals surface area contributed by atoms with E-state index >= 15 is 0 Å². The summed E-state index contributed by atoms with van der Waals surface area (Å²) >= 11 is 13.7. The van der Waals surface area contributed by atoms with Crippen LogP contribution in [0.15, 0.2) is 74.0 Å². The van der Waals surface area contributed by atoms with Crippen LogP contribution in [0.1, 0.15) is 31.2 Å². The summed E-state index contributed by atoms with van der Waals surface area (Å²) in [7, 11) is 0. The quantitative estimate of drug-likeness (QED) is 0.304. The molecule has 39 heavy (non-hydrogen) atoms. The van der Waals surface area contributed by atoms with Gasteiger partial charge in [-0.1, -0.05) is 46.7 Å². The highest BCUT2D eigenvalue weighted by molar-refractivity contribution is 7.07. The molecule has 0 fully saturated rings. The molecule has 0 saturated carbocycles. The maximum atomic E-state index is 13.8. The Hall–Kier alpha value is -3.79. The molecule has 198 valence electrons. The molecule has 2 aliphatic rings. The van der Waals surface area contributed by atoms with Crippen molar-refractivity contribution in [3.05, 3.63) is 101 Å². The minimum absolute atomic E-state index is 0.104. The molecule has 0 N–H and O–H groups in total. The summed E-state index contributed by atoms with van der Waals surface area (Å²) in [6.45, 7) is 3.75. The highest BCUT2D eigenvalue weighted by Crippen LogP contribution is 2.38. The number of esters is 1. The van der Waals surface area contributed by atoms with Gasteiger partial charge in [-0.05, 0) is 55.8 Å². The highest BCUT2D eigenvalue weighted by atomic mass is 35.5. The first-order valence-electron chi connectivity index (χ1n) is 12.0. The lowest BCUT2D eigenvalue weighted by molar-refractivity contribution is -0.139. The molecule has 11 heteroatoms. The van der Waals surface area contributed by atoms with E-state index in [4.69, 9.17) is 41.8 Å². The van der Waals surface area contributed by atoms with E-state index in [2.05, 4.69) is 4.99 Å². The molecule has 1 unspecified atom stereocenters. The lowest BCUT2D eigenvalue weighted by Crippen LogP contribution is -2.39. The van der Waals surface area contributed by atoms with E-state index in [1.807, 2.05) is 0 Å². The number of thiazole rings is 1. The summed E-state index contributed by atoms with van der Waals surface area (Å²) in [5.41, 5.74) is 1.74. The monoisotopic (exact) mass is 582 g/mol. The van der Waals surface area contributed by atoms with Crippen molar-refractivity contribution in [3.63, 3.8) is 0 Å². The Kier molecular flexibility index (Phi) is 6.58. The van der Waals surface area contributed by atoms with Crippen LogP contribution in [0, 0.1) is 0 Å². The van der Waals surface area contributed by atoms with Gasteiger partial charge >= 0.3 is 5.97 Å². The number of hydrogen-bond donors (Lipinski definition) is 0. The summed E-state index contributed by atoms with van der Waals surface area (Å²) in [4.78, 5) is 31.9. The van der Waals surface area contributed by atoms with Crippen molar-refractivity contribution >= 4 is 46.6 Å². The molecule has 0 saturated heterocycles. The van der Waals surface area contributed by atoms with Crippen LogP contribution in [0.25, 0.3) is 17.4 Å². The van der Waals surface area contributed by atoms with Crippen molar-refractivity contribution in [2.45, 2.75) is 19.9 Å². The van der Waals surface area contributed by atoms with Gasteiger partial charge in [-0.15, -0.1) is 0 Å². The molecule has 0 aliphatic carbocycles. The minimum atomic E-state index is -0.769. The number of fused-ring (bicyclic) bond motifs is 2. The van der Waals surface area contributed by atoms with Crippen molar-refractivity contribution in [3.8, 4) is 22.8 Å². The van der Waals surface area contributed by atoms with Gasteiger partial charge in [0.05, 0.1) is 38.5 Å². The summed E-state index contributed by atoms with van der Waals surface area (Å²) in [6.07, 6.45) is 1.64. The number of aromatic nitrogens is 1. The predicted molar refractivity (Wildman–Crippen MR) is 147 cm³/mol. The largest absolute Gasteiger partial charge is 0.463 e. The average Bonchev–Trinajstić information content (AvgIpc) is 3.64. The van der Waals surface area contributed by atoms with Crippen molar-refractivity contribution in [2.75, 3.05) is 13.4 Å². The number of rotatable bonds is 5. The molecule has 2 aromatic carbocycles. The number of allylic oxidation sites excluding steroid dienone is 1. The normalized spacial score (nSPS) is 16.3. The third-order valence-electron chi connectivity index (χ3n) is 6.35. The van der Waals surface area contributed by atoms with Crippen molar-refractivity contribution in [1.82, 2.24) is 4.57 Å².